The van der Waals surface area contributed by atoms with Crippen LogP contribution in [0.25, 0.3) is 10.2 Å². The van der Waals surface area contributed by atoms with Gasteiger partial charge in [0.05, 0.1) is 5.25 Å². The van der Waals surface area contributed by atoms with Crippen molar-refractivity contribution < 1.29 is 9.59 Å². The Morgan fingerprint density at radius 2 is 1.96 bits per heavy atom. The number of aryl methyl sites for hydroxylation is 3. The number of nitrogens with zero attached hydrogens (tertiary/aromatic N) is 2. The first-order valence-electron chi connectivity index (χ1n) is 9.58. The van der Waals surface area contributed by atoms with Gasteiger partial charge in [0.15, 0.2) is 0 Å². The van der Waals surface area contributed by atoms with Crippen molar-refractivity contribution in [3.05, 3.63) is 16.3 Å². The lowest BCUT2D eigenvalue weighted by Crippen LogP contribution is -2.45. The Balaban J connectivity index is 1.46. The van der Waals surface area contributed by atoms with Crippen molar-refractivity contribution in [1.82, 2.24) is 20.6 Å². The van der Waals surface area contributed by atoms with Crippen LogP contribution >= 0.6 is 23.1 Å². The molecule has 2 N–H and O–H groups in total. The van der Waals surface area contributed by atoms with E-state index < -0.39 is 5.25 Å². The van der Waals surface area contributed by atoms with Crippen LogP contribution in [0, 0.1) is 6.92 Å². The van der Waals surface area contributed by atoms with Crippen LogP contribution in [0.2, 0.25) is 0 Å². The van der Waals surface area contributed by atoms with E-state index in [1.165, 1.54) is 28.6 Å². The number of nitrogens with one attached hydrogen (secondary N) is 2. The molecule has 0 radical (unpaired) electrons. The predicted octanol–water partition coefficient (Wildman–Crippen LogP) is 3.74. The monoisotopic (exact) mass is 404 g/mol. The Hall–Kier alpha value is -1.67. The normalized spacial score (nSPS) is 17.9. The molecule has 0 aromatic carbocycles. The van der Waals surface area contributed by atoms with E-state index >= 15 is 0 Å². The number of hydrogen-bond donors (Lipinski definition) is 2. The molecule has 1 fully saturated rings. The van der Waals surface area contributed by atoms with Crippen LogP contribution in [0.5, 0.6) is 0 Å². The highest BCUT2D eigenvalue weighted by Crippen LogP contribution is 2.41. The van der Waals surface area contributed by atoms with Gasteiger partial charge in [-0.25, -0.2) is 14.8 Å². The minimum absolute atomic E-state index is 0.193. The summed E-state index contributed by atoms with van der Waals surface area (Å²) in [6.07, 6.45) is 7.60. The van der Waals surface area contributed by atoms with Crippen molar-refractivity contribution in [3.8, 4) is 0 Å². The Morgan fingerprint density at radius 3 is 2.74 bits per heavy atom. The van der Waals surface area contributed by atoms with Gasteiger partial charge in [0.25, 0.3) is 0 Å². The molecule has 2 aliphatic rings. The van der Waals surface area contributed by atoms with Gasteiger partial charge in [-0.15, -0.1) is 11.3 Å². The summed E-state index contributed by atoms with van der Waals surface area (Å²) < 4.78 is 0. The van der Waals surface area contributed by atoms with E-state index in [-0.39, 0.29) is 18.0 Å². The van der Waals surface area contributed by atoms with Crippen LogP contribution in [0.4, 0.5) is 4.79 Å². The van der Waals surface area contributed by atoms with Gasteiger partial charge >= 0.3 is 6.03 Å². The highest BCUT2D eigenvalue weighted by atomic mass is 32.2. The number of carbonyl (C=O) groups is 2. The van der Waals surface area contributed by atoms with Crippen molar-refractivity contribution in [2.45, 2.75) is 75.1 Å². The van der Waals surface area contributed by atoms with Crippen molar-refractivity contribution in [2.24, 2.45) is 0 Å². The van der Waals surface area contributed by atoms with Crippen LogP contribution < -0.4 is 10.6 Å². The smallest absolute Gasteiger partial charge is 0.321 e. The molecular weight excluding hydrogens is 380 g/mol. The van der Waals surface area contributed by atoms with Crippen molar-refractivity contribution in [1.29, 1.82) is 0 Å². The summed E-state index contributed by atoms with van der Waals surface area (Å²) in [6, 6.07) is -0.196. The quantitative estimate of drug-likeness (QED) is 0.599. The molecule has 2 aliphatic carbocycles. The lowest BCUT2D eigenvalue weighted by Gasteiger charge is -2.15. The SMILES string of the molecule is Cc1nc(S[C@H](C)C(=O)NC(=O)NC2CCCC2)c2c3c(sc2n1)CCC3. The fraction of sp³-hybridized carbons (Fsp3) is 0.579. The van der Waals surface area contributed by atoms with Gasteiger partial charge < -0.3 is 5.32 Å². The molecule has 0 spiro atoms. The number of imide groups is 1. The second-order valence-corrected chi connectivity index (χ2v) is 9.73. The molecule has 6 nitrogen and oxygen atoms in total. The summed E-state index contributed by atoms with van der Waals surface area (Å²) in [5.41, 5.74) is 1.35. The van der Waals surface area contributed by atoms with E-state index in [9.17, 15) is 9.59 Å². The Morgan fingerprint density at radius 1 is 1.19 bits per heavy atom. The van der Waals surface area contributed by atoms with E-state index in [0.717, 1.165) is 59.6 Å². The lowest BCUT2D eigenvalue weighted by atomic mass is 10.2. The van der Waals surface area contributed by atoms with E-state index in [1.807, 2.05) is 13.8 Å². The van der Waals surface area contributed by atoms with Gasteiger partial charge in [-0.05, 0) is 51.5 Å². The minimum atomic E-state index is -0.409. The fourth-order valence-corrected chi connectivity index (χ4v) is 6.27. The average molecular weight is 405 g/mol. The first-order chi connectivity index (χ1) is 13.0. The van der Waals surface area contributed by atoms with Crippen molar-refractivity contribution >= 4 is 45.3 Å². The third-order valence-corrected chi connectivity index (χ3v) is 7.50. The summed E-state index contributed by atoms with van der Waals surface area (Å²) in [6.45, 7) is 3.70. The maximum atomic E-state index is 12.5. The predicted molar refractivity (Wildman–Crippen MR) is 108 cm³/mol. The lowest BCUT2D eigenvalue weighted by molar-refractivity contribution is -0.119. The first-order valence-corrected chi connectivity index (χ1v) is 11.3. The van der Waals surface area contributed by atoms with Crippen LogP contribution in [-0.4, -0.2) is 33.2 Å². The molecule has 2 aromatic heterocycles. The molecule has 0 aliphatic heterocycles. The summed E-state index contributed by atoms with van der Waals surface area (Å²) in [4.78, 5) is 36.2. The molecule has 8 heteroatoms. The molecule has 0 bridgehead atoms. The van der Waals surface area contributed by atoms with Gasteiger partial charge in [-0.2, -0.15) is 0 Å². The largest absolute Gasteiger partial charge is 0.335 e. The number of fused-ring (bicyclic) bond motifs is 3. The molecule has 0 unspecified atom stereocenters. The molecule has 144 valence electrons. The van der Waals surface area contributed by atoms with Crippen LogP contribution in [0.3, 0.4) is 0 Å². The third-order valence-electron chi connectivity index (χ3n) is 5.23. The number of hydrogen-bond acceptors (Lipinski definition) is 6. The topological polar surface area (TPSA) is 84.0 Å². The zero-order chi connectivity index (χ0) is 19.0. The zero-order valence-electron chi connectivity index (χ0n) is 15.6. The Labute approximate surface area is 166 Å². The maximum Gasteiger partial charge on any atom is 0.321 e. The average Bonchev–Trinajstić information content (AvgIpc) is 3.31. The number of rotatable bonds is 4. The van der Waals surface area contributed by atoms with E-state index in [0.29, 0.717) is 0 Å². The summed E-state index contributed by atoms with van der Waals surface area (Å²) >= 11 is 3.16. The molecule has 4 rings (SSSR count). The van der Waals surface area contributed by atoms with Gasteiger partial charge in [0.2, 0.25) is 5.91 Å². The molecule has 3 amide bonds. The molecule has 1 saturated carbocycles. The third kappa shape index (κ3) is 3.96. The first kappa shape index (κ1) is 18.7. The number of aromatic nitrogens is 2. The van der Waals surface area contributed by atoms with Crippen molar-refractivity contribution in [3.63, 3.8) is 0 Å². The molecule has 27 heavy (non-hydrogen) atoms. The van der Waals surface area contributed by atoms with Crippen molar-refractivity contribution in [2.75, 3.05) is 0 Å². The molecule has 2 aromatic rings. The zero-order valence-corrected chi connectivity index (χ0v) is 17.3. The Kier molecular flexibility index (Phi) is 5.36. The summed E-state index contributed by atoms with van der Waals surface area (Å²) in [5.74, 6) is 0.434. The van der Waals surface area contributed by atoms with E-state index in [4.69, 9.17) is 0 Å². The highest BCUT2D eigenvalue weighted by Gasteiger charge is 2.25. The second kappa shape index (κ2) is 7.75. The van der Waals surface area contributed by atoms with E-state index in [1.54, 1.807) is 11.3 Å². The molecule has 2 heterocycles. The number of urea groups is 1. The summed E-state index contributed by atoms with van der Waals surface area (Å²) in [5, 5.41) is 6.94. The van der Waals surface area contributed by atoms with Crippen LogP contribution in [-0.2, 0) is 17.6 Å². The fourth-order valence-electron chi connectivity index (χ4n) is 3.88. The molecule has 0 saturated heterocycles. The number of carbonyl (C=O) groups excluding carboxylic acids is 2. The number of thioether (sulfide) groups is 1. The van der Waals surface area contributed by atoms with Crippen LogP contribution in [0.15, 0.2) is 5.03 Å². The van der Waals surface area contributed by atoms with Crippen LogP contribution in [0.1, 0.15) is 55.3 Å². The maximum absolute atomic E-state index is 12.5. The Bertz CT molecular complexity index is 889. The number of thiophene rings is 1. The highest BCUT2D eigenvalue weighted by molar-refractivity contribution is 8.00. The second-order valence-electron chi connectivity index (χ2n) is 7.32. The van der Waals surface area contributed by atoms with Gasteiger partial charge in [-0.3, -0.25) is 10.1 Å². The standard InChI is InChI=1S/C19H24N4O2S2/c1-10(16(24)23-19(25)22-12-6-3-4-7-12)26-17-15-13-8-5-9-14(13)27-18(15)21-11(2)20-17/h10,12H,3-9H2,1-2H3,(H2,22,23,24,25)/t10-/m1/s1. The minimum Gasteiger partial charge on any atom is -0.335 e. The van der Waals surface area contributed by atoms with E-state index in [2.05, 4.69) is 20.6 Å². The van der Waals surface area contributed by atoms with Gasteiger partial charge in [0.1, 0.15) is 15.7 Å². The molecular formula is C19H24N4O2S2. The summed E-state index contributed by atoms with van der Waals surface area (Å²) in [7, 11) is 0. The van der Waals surface area contributed by atoms with Gasteiger partial charge in [-0.1, -0.05) is 24.6 Å². The van der Waals surface area contributed by atoms with Gasteiger partial charge in [0, 0.05) is 16.3 Å². The number of amides is 3. The molecule has 1 atom stereocenters.